The van der Waals surface area contributed by atoms with E-state index < -0.39 is 41.7 Å². The fourth-order valence-corrected chi connectivity index (χ4v) is 2.49. The number of anilines is 1. The van der Waals surface area contributed by atoms with Gasteiger partial charge in [-0.05, 0) is 43.8 Å². The van der Waals surface area contributed by atoms with E-state index >= 15 is 0 Å². The van der Waals surface area contributed by atoms with E-state index in [2.05, 4.69) is 10.1 Å². The first-order valence-corrected chi connectivity index (χ1v) is 8.40. The molecule has 5 nitrogen and oxygen atoms in total. The third-order valence-electron chi connectivity index (χ3n) is 4.21. The van der Waals surface area contributed by atoms with Crippen molar-refractivity contribution in [3.8, 4) is 11.5 Å². The molecule has 0 fully saturated rings. The number of carbonyl (C=O) groups is 1. The van der Waals surface area contributed by atoms with Gasteiger partial charge >= 0.3 is 6.61 Å². The number of rotatable bonds is 8. The molecule has 29 heavy (non-hydrogen) atoms. The molecular weight excluding hydrogens is 399 g/mol. The molecule has 10 heteroatoms. The summed E-state index contributed by atoms with van der Waals surface area (Å²) in [6, 6.07) is 5.16. The van der Waals surface area contributed by atoms with Crippen LogP contribution in [0.15, 0.2) is 30.3 Å². The second-order valence-corrected chi connectivity index (χ2v) is 6.17. The zero-order valence-electron chi connectivity index (χ0n) is 15.8. The largest absolute Gasteiger partial charge is 0.493 e. The number of halogens is 5. The first-order chi connectivity index (χ1) is 13.6. The highest BCUT2D eigenvalue weighted by Crippen LogP contribution is 2.30. The Labute approximate surface area is 164 Å². The van der Waals surface area contributed by atoms with Gasteiger partial charge < -0.3 is 14.8 Å². The van der Waals surface area contributed by atoms with Crippen LogP contribution in [0.5, 0.6) is 11.5 Å². The average Bonchev–Trinajstić information content (AvgIpc) is 2.68. The van der Waals surface area contributed by atoms with Crippen molar-refractivity contribution < 1.29 is 36.2 Å². The number of nitrogens with one attached hydrogen (secondary N) is 1. The molecule has 0 spiro atoms. The average molecular weight is 418 g/mol. The lowest BCUT2D eigenvalue weighted by atomic mass is 10.1. The summed E-state index contributed by atoms with van der Waals surface area (Å²) in [6.07, 6.45) is 0. The van der Waals surface area contributed by atoms with Gasteiger partial charge in [-0.3, -0.25) is 9.69 Å². The first kappa shape index (κ1) is 22.4. The van der Waals surface area contributed by atoms with Crippen molar-refractivity contribution in [2.75, 3.05) is 19.5 Å². The predicted molar refractivity (Wildman–Crippen MR) is 95.5 cm³/mol. The molecule has 2 aromatic rings. The Morgan fingerprint density at radius 2 is 1.79 bits per heavy atom. The Hall–Kier alpha value is -2.88. The van der Waals surface area contributed by atoms with Gasteiger partial charge in [0.1, 0.15) is 0 Å². The smallest absolute Gasteiger partial charge is 0.387 e. The minimum atomic E-state index is -3.00. The molecule has 0 radical (unpaired) electrons. The normalized spacial score (nSPS) is 12.2. The molecule has 0 aliphatic carbocycles. The van der Waals surface area contributed by atoms with Gasteiger partial charge in [0.15, 0.2) is 29.0 Å². The maximum absolute atomic E-state index is 13.7. The van der Waals surface area contributed by atoms with E-state index in [1.807, 2.05) is 0 Å². The molecule has 0 aliphatic rings. The topological polar surface area (TPSA) is 50.8 Å². The molecule has 1 N–H and O–H groups in total. The van der Waals surface area contributed by atoms with Gasteiger partial charge in [0.25, 0.3) is 0 Å². The number of alkyl halides is 2. The Kier molecular flexibility index (Phi) is 7.38. The number of hydrogen-bond donors (Lipinski definition) is 1. The van der Waals surface area contributed by atoms with Crippen LogP contribution >= 0.6 is 0 Å². The zero-order valence-corrected chi connectivity index (χ0v) is 15.8. The highest BCUT2D eigenvalue weighted by Gasteiger charge is 2.22. The molecule has 1 unspecified atom stereocenters. The van der Waals surface area contributed by atoms with Crippen LogP contribution in [0.25, 0.3) is 0 Å². The van der Waals surface area contributed by atoms with Crippen molar-refractivity contribution in [3.63, 3.8) is 0 Å². The first-order valence-electron chi connectivity index (χ1n) is 8.40. The van der Waals surface area contributed by atoms with Crippen molar-refractivity contribution in [2.45, 2.75) is 26.1 Å². The van der Waals surface area contributed by atoms with E-state index in [0.29, 0.717) is 11.6 Å². The third kappa shape index (κ3) is 5.57. The van der Waals surface area contributed by atoms with Crippen LogP contribution in [0.1, 0.15) is 12.5 Å². The lowest BCUT2D eigenvalue weighted by molar-refractivity contribution is -0.120. The molecule has 1 amide bonds. The van der Waals surface area contributed by atoms with Crippen LogP contribution in [-0.2, 0) is 11.3 Å². The van der Waals surface area contributed by atoms with Gasteiger partial charge in [-0.15, -0.1) is 0 Å². The Morgan fingerprint density at radius 1 is 1.10 bits per heavy atom. The highest BCUT2D eigenvalue weighted by atomic mass is 19.3. The van der Waals surface area contributed by atoms with Gasteiger partial charge in [-0.2, -0.15) is 8.78 Å². The number of amides is 1. The summed E-state index contributed by atoms with van der Waals surface area (Å²) in [7, 11) is 2.90. The van der Waals surface area contributed by atoms with Crippen LogP contribution < -0.4 is 14.8 Å². The lowest BCUT2D eigenvalue weighted by Gasteiger charge is -2.24. The van der Waals surface area contributed by atoms with E-state index in [9.17, 15) is 26.7 Å². The van der Waals surface area contributed by atoms with Gasteiger partial charge in [-0.25, -0.2) is 13.2 Å². The summed E-state index contributed by atoms with van der Waals surface area (Å²) >= 11 is 0. The van der Waals surface area contributed by atoms with Crippen LogP contribution in [0.3, 0.4) is 0 Å². The fourth-order valence-electron chi connectivity index (χ4n) is 2.49. The summed E-state index contributed by atoms with van der Waals surface area (Å²) in [6.45, 7) is -1.27. The van der Waals surface area contributed by atoms with Crippen LogP contribution in [0, 0.1) is 17.5 Å². The van der Waals surface area contributed by atoms with E-state index in [1.165, 1.54) is 32.2 Å². The molecule has 158 valence electrons. The Morgan fingerprint density at radius 3 is 2.41 bits per heavy atom. The number of likely N-dealkylation sites (N-methyl/N-ethyl adjacent to an activating group) is 1. The molecule has 0 bridgehead atoms. The summed E-state index contributed by atoms with van der Waals surface area (Å²) in [4.78, 5) is 13.9. The Balaban J connectivity index is 2.07. The maximum atomic E-state index is 13.7. The third-order valence-corrected chi connectivity index (χ3v) is 4.21. The predicted octanol–water partition coefficient (Wildman–Crippen LogP) is 4.17. The molecule has 0 saturated carbocycles. The van der Waals surface area contributed by atoms with E-state index in [4.69, 9.17) is 4.74 Å². The summed E-state index contributed by atoms with van der Waals surface area (Å²) in [5, 5.41) is 2.21. The van der Waals surface area contributed by atoms with Crippen molar-refractivity contribution in [3.05, 3.63) is 53.3 Å². The minimum absolute atomic E-state index is 0.0946. The standard InChI is InChI=1S/C19H19F5N2O3/c1-10(18(27)25-13-6-5-12(20)16(21)17(13)22)26(2)9-11-4-7-14(29-19(23)24)15(8-11)28-3/h4-8,10,19H,9H2,1-3H3,(H,25,27). The molecule has 0 heterocycles. The Bertz CT molecular complexity index is 879. The van der Waals surface area contributed by atoms with Gasteiger partial charge in [0, 0.05) is 6.54 Å². The highest BCUT2D eigenvalue weighted by molar-refractivity contribution is 5.94. The molecule has 0 saturated heterocycles. The lowest BCUT2D eigenvalue weighted by Crippen LogP contribution is -2.39. The van der Waals surface area contributed by atoms with Gasteiger partial charge in [0.05, 0.1) is 18.8 Å². The number of ether oxygens (including phenoxy) is 2. The molecular formula is C19H19F5N2O3. The molecule has 0 aromatic heterocycles. The van der Waals surface area contributed by atoms with Crippen molar-refractivity contribution in [1.29, 1.82) is 0 Å². The number of carbonyl (C=O) groups excluding carboxylic acids is 1. The van der Waals surface area contributed by atoms with E-state index in [-0.39, 0.29) is 18.0 Å². The molecule has 2 rings (SSSR count). The maximum Gasteiger partial charge on any atom is 0.387 e. The quantitative estimate of drug-likeness (QED) is 0.517. The van der Waals surface area contributed by atoms with E-state index in [0.717, 1.165) is 6.07 Å². The van der Waals surface area contributed by atoms with Crippen molar-refractivity contribution in [2.24, 2.45) is 0 Å². The second kappa shape index (κ2) is 9.55. The number of nitrogens with zero attached hydrogens (tertiary/aromatic N) is 1. The summed E-state index contributed by atoms with van der Waals surface area (Å²) < 4.78 is 74.2. The SMILES string of the molecule is COc1cc(CN(C)C(C)C(=O)Nc2ccc(F)c(F)c2F)ccc1OC(F)F. The molecule has 1 atom stereocenters. The number of hydrogen-bond acceptors (Lipinski definition) is 4. The van der Waals surface area contributed by atoms with Crippen molar-refractivity contribution >= 4 is 11.6 Å². The van der Waals surface area contributed by atoms with Crippen LogP contribution in [0.4, 0.5) is 27.6 Å². The van der Waals surface area contributed by atoms with Crippen LogP contribution in [-0.4, -0.2) is 37.6 Å². The fraction of sp³-hybridized carbons (Fsp3) is 0.316. The minimum Gasteiger partial charge on any atom is -0.493 e. The molecule has 2 aromatic carbocycles. The van der Waals surface area contributed by atoms with Gasteiger partial charge in [-0.1, -0.05) is 6.07 Å². The monoisotopic (exact) mass is 418 g/mol. The molecule has 0 aliphatic heterocycles. The second-order valence-electron chi connectivity index (χ2n) is 6.17. The summed E-state index contributed by atoms with van der Waals surface area (Å²) in [5.41, 5.74) is 0.147. The van der Waals surface area contributed by atoms with Crippen molar-refractivity contribution in [1.82, 2.24) is 4.90 Å². The zero-order chi connectivity index (χ0) is 21.7. The number of benzene rings is 2. The van der Waals surface area contributed by atoms with Gasteiger partial charge in [0.2, 0.25) is 5.91 Å². The van der Waals surface area contributed by atoms with E-state index in [1.54, 1.807) is 11.9 Å². The van der Waals surface area contributed by atoms with Crippen LogP contribution in [0.2, 0.25) is 0 Å². The number of methoxy groups -OCH3 is 1. The summed E-state index contributed by atoms with van der Waals surface area (Å²) in [5.74, 6) is -5.22.